The molecule has 4 aromatic rings. The highest BCUT2D eigenvalue weighted by molar-refractivity contribution is 7.18. The van der Waals surface area contributed by atoms with Gasteiger partial charge in [0.15, 0.2) is 5.58 Å². The quantitative estimate of drug-likeness (QED) is 0.431. The summed E-state index contributed by atoms with van der Waals surface area (Å²) in [6.45, 7) is 11.0. The Morgan fingerprint density at radius 3 is 2.50 bits per heavy atom. The first-order valence-corrected chi connectivity index (χ1v) is 9.80. The lowest BCUT2D eigenvalue weighted by atomic mass is 9.85. The minimum Gasteiger partial charge on any atom is -0.356 e. The second kappa shape index (κ2) is 5.92. The molecule has 0 aliphatic carbocycles. The van der Waals surface area contributed by atoms with Gasteiger partial charge in [-0.25, -0.2) is 4.98 Å². The van der Waals surface area contributed by atoms with Gasteiger partial charge in [0.25, 0.3) is 0 Å². The molecule has 134 valence electrons. The Morgan fingerprint density at radius 2 is 1.77 bits per heavy atom. The largest absolute Gasteiger partial charge is 0.356 e. The number of benzene rings is 2. The van der Waals surface area contributed by atoms with Gasteiger partial charge in [-0.2, -0.15) is 0 Å². The van der Waals surface area contributed by atoms with Gasteiger partial charge in [-0.15, -0.1) is 11.3 Å². The number of para-hydroxylation sites is 1. The Balaban J connectivity index is 1.71. The number of hydrogen-bond acceptors (Lipinski definition) is 4. The van der Waals surface area contributed by atoms with E-state index < -0.39 is 0 Å². The SMILES string of the molecule is CC(C)(C)c1noc2ccc(CC(C)(C)c3nc4ccccc4s3)cc12. The molecular formula is C22H24N2OS. The van der Waals surface area contributed by atoms with Crippen molar-refractivity contribution in [1.29, 1.82) is 0 Å². The molecule has 0 saturated carbocycles. The first kappa shape index (κ1) is 17.2. The van der Waals surface area contributed by atoms with Crippen LogP contribution in [0.3, 0.4) is 0 Å². The van der Waals surface area contributed by atoms with E-state index in [9.17, 15) is 0 Å². The number of thiazole rings is 1. The molecule has 0 saturated heterocycles. The summed E-state index contributed by atoms with van der Waals surface area (Å²) in [5.74, 6) is 0. The Kier molecular flexibility index (Phi) is 3.92. The molecule has 0 spiro atoms. The van der Waals surface area contributed by atoms with Gasteiger partial charge in [-0.3, -0.25) is 0 Å². The lowest BCUT2D eigenvalue weighted by Crippen LogP contribution is -2.20. The van der Waals surface area contributed by atoms with E-state index in [1.807, 2.05) is 12.1 Å². The zero-order valence-corrected chi connectivity index (χ0v) is 16.8. The number of nitrogens with zero attached hydrogens (tertiary/aromatic N) is 2. The Labute approximate surface area is 158 Å². The van der Waals surface area contributed by atoms with Crippen molar-refractivity contribution in [3.8, 4) is 0 Å². The van der Waals surface area contributed by atoms with Crippen molar-refractivity contribution in [3.05, 3.63) is 58.7 Å². The fourth-order valence-electron chi connectivity index (χ4n) is 3.38. The van der Waals surface area contributed by atoms with E-state index in [2.05, 4.69) is 70.1 Å². The first-order valence-electron chi connectivity index (χ1n) is 8.99. The highest BCUT2D eigenvalue weighted by Crippen LogP contribution is 2.35. The summed E-state index contributed by atoms with van der Waals surface area (Å²) in [6.07, 6.45) is 0.928. The standard InChI is InChI=1S/C22H24N2OS/c1-21(2,3)19-15-12-14(10-11-17(15)25-24-19)13-22(4,5)20-23-16-8-6-7-9-18(16)26-20/h6-12H,13H2,1-5H3. The molecule has 0 amide bonds. The maximum absolute atomic E-state index is 5.52. The van der Waals surface area contributed by atoms with E-state index in [0.29, 0.717) is 0 Å². The van der Waals surface area contributed by atoms with E-state index in [4.69, 9.17) is 9.51 Å². The van der Waals surface area contributed by atoms with Crippen molar-refractivity contribution >= 4 is 32.5 Å². The van der Waals surface area contributed by atoms with Crippen LogP contribution in [0.25, 0.3) is 21.2 Å². The third kappa shape index (κ3) is 3.03. The monoisotopic (exact) mass is 364 g/mol. The lowest BCUT2D eigenvalue weighted by molar-refractivity contribution is 0.419. The van der Waals surface area contributed by atoms with Crippen LogP contribution in [0.5, 0.6) is 0 Å². The van der Waals surface area contributed by atoms with Crippen LogP contribution < -0.4 is 0 Å². The second-order valence-electron chi connectivity index (χ2n) is 8.66. The molecule has 2 heterocycles. The maximum atomic E-state index is 5.52. The molecule has 2 aromatic heterocycles. The topological polar surface area (TPSA) is 38.9 Å². The summed E-state index contributed by atoms with van der Waals surface area (Å²) in [6, 6.07) is 14.8. The van der Waals surface area contributed by atoms with Crippen LogP contribution in [0.4, 0.5) is 0 Å². The summed E-state index contributed by atoms with van der Waals surface area (Å²) in [5, 5.41) is 6.61. The van der Waals surface area contributed by atoms with Gasteiger partial charge in [0, 0.05) is 16.2 Å². The predicted octanol–water partition coefficient (Wildman–Crippen LogP) is 6.26. The number of rotatable bonds is 3. The molecule has 0 N–H and O–H groups in total. The minimum atomic E-state index is -0.0353. The summed E-state index contributed by atoms with van der Waals surface area (Å²) < 4.78 is 6.77. The molecule has 4 heteroatoms. The zero-order chi connectivity index (χ0) is 18.5. The van der Waals surface area contributed by atoms with Crippen molar-refractivity contribution in [2.24, 2.45) is 0 Å². The number of hydrogen-bond donors (Lipinski definition) is 0. The fourth-order valence-corrected chi connectivity index (χ4v) is 4.45. The highest BCUT2D eigenvalue weighted by atomic mass is 32.1. The highest BCUT2D eigenvalue weighted by Gasteiger charge is 2.27. The van der Waals surface area contributed by atoms with Gasteiger partial charge in [0.2, 0.25) is 0 Å². The van der Waals surface area contributed by atoms with Crippen LogP contribution in [0.1, 0.15) is 50.9 Å². The third-order valence-electron chi connectivity index (χ3n) is 4.76. The second-order valence-corrected chi connectivity index (χ2v) is 9.69. The molecule has 0 atom stereocenters. The van der Waals surface area contributed by atoms with Crippen molar-refractivity contribution < 1.29 is 4.52 Å². The molecule has 0 aliphatic rings. The van der Waals surface area contributed by atoms with Crippen LogP contribution in [0, 0.1) is 0 Å². The van der Waals surface area contributed by atoms with Crippen molar-refractivity contribution in [2.45, 2.75) is 51.9 Å². The summed E-state index contributed by atoms with van der Waals surface area (Å²) in [4.78, 5) is 4.88. The molecule has 0 fully saturated rings. The van der Waals surface area contributed by atoms with Gasteiger partial charge in [-0.1, -0.05) is 58.0 Å². The van der Waals surface area contributed by atoms with E-state index in [1.54, 1.807) is 11.3 Å². The Morgan fingerprint density at radius 1 is 1.00 bits per heavy atom. The summed E-state index contributed by atoms with van der Waals surface area (Å²) >= 11 is 1.79. The smallest absolute Gasteiger partial charge is 0.167 e. The van der Waals surface area contributed by atoms with E-state index in [1.165, 1.54) is 15.3 Å². The molecule has 0 unspecified atom stereocenters. The van der Waals surface area contributed by atoms with Gasteiger partial charge in [-0.05, 0) is 36.2 Å². The van der Waals surface area contributed by atoms with Gasteiger partial charge in [0.05, 0.1) is 20.9 Å². The summed E-state index contributed by atoms with van der Waals surface area (Å²) in [7, 11) is 0. The fraction of sp³-hybridized carbons (Fsp3) is 0.364. The molecule has 26 heavy (non-hydrogen) atoms. The van der Waals surface area contributed by atoms with Gasteiger partial charge in [0.1, 0.15) is 0 Å². The van der Waals surface area contributed by atoms with Crippen LogP contribution >= 0.6 is 11.3 Å². The summed E-state index contributed by atoms with van der Waals surface area (Å²) in [5.41, 5.74) is 4.19. The van der Waals surface area contributed by atoms with E-state index >= 15 is 0 Å². The third-order valence-corrected chi connectivity index (χ3v) is 6.17. The number of aromatic nitrogens is 2. The molecular weight excluding hydrogens is 340 g/mol. The van der Waals surface area contributed by atoms with Crippen molar-refractivity contribution in [2.75, 3.05) is 0 Å². The first-order chi connectivity index (χ1) is 12.2. The maximum Gasteiger partial charge on any atom is 0.167 e. The van der Waals surface area contributed by atoms with Crippen LogP contribution in [0.15, 0.2) is 47.0 Å². The molecule has 3 nitrogen and oxygen atoms in total. The van der Waals surface area contributed by atoms with Crippen molar-refractivity contribution in [1.82, 2.24) is 10.1 Å². The Hall–Kier alpha value is -2.20. The Bertz CT molecular complexity index is 1050. The zero-order valence-electron chi connectivity index (χ0n) is 16.0. The van der Waals surface area contributed by atoms with Crippen LogP contribution in [0.2, 0.25) is 0 Å². The normalized spacial score (nSPS) is 13.0. The van der Waals surface area contributed by atoms with Gasteiger partial charge < -0.3 is 4.52 Å². The lowest BCUT2D eigenvalue weighted by Gasteiger charge is -2.22. The average molecular weight is 365 g/mol. The molecule has 0 radical (unpaired) electrons. The minimum absolute atomic E-state index is 0.0313. The molecule has 0 bridgehead atoms. The van der Waals surface area contributed by atoms with E-state index in [0.717, 1.165) is 28.6 Å². The van der Waals surface area contributed by atoms with E-state index in [-0.39, 0.29) is 10.8 Å². The predicted molar refractivity (Wildman–Crippen MR) is 109 cm³/mol. The average Bonchev–Trinajstić information content (AvgIpc) is 3.18. The molecule has 4 rings (SSSR count). The van der Waals surface area contributed by atoms with Gasteiger partial charge >= 0.3 is 0 Å². The van der Waals surface area contributed by atoms with Crippen molar-refractivity contribution in [3.63, 3.8) is 0 Å². The van der Waals surface area contributed by atoms with Crippen LogP contribution in [-0.2, 0) is 17.3 Å². The molecule has 2 aromatic carbocycles. The number of fused-ring (bicyclic) bond motifs is 2. The molecule has 0 aliphatic heterocycles. The van der Waals surface area contributed by atoms with Crippen LogP contribution in [-0.4, -0.2) is 10.1 Å².